The Morgan fingerprint density at radius 1 is 1.47 bits per heavy atom. The average Bonchev–Trinajstić information content (AvgIpc) is 2.79. The fourth-order valence-corrected chi connectivity index (χ4v) is 3.43. The number of aliphatic imine (C=N–C) groups is 1. The van der Waals surface area contributed by atoms with E-state index >= 15 is 0 Å². The minimum atomic E-state index is -0.513. The second-order valence-electron chi connectivity index (χ2n) is 7.32. The number of likely N-dealkylation sites (N-methyl/N-ethyl adjacent to an activating group) is 1. The molecular formula is C22H27ClFN5O3. The first kappa shape index (κ1) is 24.1. The van der Waals surface area contributed by atoms with Crippen LogP contribution >= 0.6 is 11.6 Å². The van der Waals surface area contributed by atoms with Crippen molar-refractivity contribution >= 4 is 29.4 Å². The van der Waals surface area contributed by atoms with Gasteiger partial charge in [0.05, 0.1) is 34.7 Å². The van der Waals surface area contributed by atoms with Crippen LogP contribution in [-0.4, -0.2) is 75.1 Å². The molecule has 1 saturated heterocycles. The van der Waals surface area contributed by atoms with Gasteiger partial charge in [0.2, 0.25) is 0 Å². The van der Waals surface area contributed by atoms with Gasteiger partial charge in [-0.3, -0.25) is 14.8 Å². The molecule has 0 bridgehead atoms. The first-order valence-electron chi connectivity index (χ1n) is 10.3. The van der Waals surface area contributed by atoms with Crippen molar-refractivity contribution in [1.82, 2.24) is 20.5 Å². The van der Waals surface area contributed by atoms with E-state index in [1.807, 2.05) is 0 Å². The van der Waals surface area contributed by atoms with Gasteiger partial charge in [0, 0.05) is 51.7 Å². The van der Waals surface area contributed by atoms with Crippen molar-refractivity contribution in [2.45, 2.75) is 12.6 Å². The number of aromatic nitrogens is 1. The lowest BCUT2D eigenvalue weighted by atomic mass is 10.1. The number of morpholine rings is 1. The number of halogens is 2. The SMILES string of the molecule is CNC(=O)c1ccnc(CNCC2CN(C)CCO2)c1N=CCOc1ccc(F)c(Cl)c1. The summed E-state index contributed by atoms with van der Waals surface area (Å²) in [6.07, 6.45) is 3.21. The molecule has 1 amide bonds. The highest BCUT2D eigenvalue weighted by Crippen LogP contribution is 2.23. The molecule has 2 aromatic rings. The van der Waals surface area contributed by atoms with Crippen LogP contribution in [0.1, 0.15) is 16.1 Å². The smallest absolute Gasteiger partial charge is 0.253 e. The third-order valence-corrected chi connectivity index (χ3v) is 5.20. The lowest BCUT2D eigenvalue weighted by Gasteiger charge is -2.30. The zero-order chi connectivity index (χ0) is 22.9. The number of rotatable bonds is 9. The van der Waals surface area contributed by atoms with Crippen LogP contribution in [0.5, 0.6) is 5.75 Å². The maximum absolute atomic E-state index is 13.3. The highest BCUT2D eigenvalue weighted by atomic mass is 35.5. The van der Waals surface area contributed by atoms with Crippen molar-refractivity contribution in [2.75, 3.05) is 46.9 Å². The summed E-state index contributed by atoms with van der Waals surface area (Å²) < 4.78 is 24.6. The van der Waals surface area contributed by atoms with Crippen LogP contribution in [0.2, 0.25) is 5.02 Å². The van der Waals surface area contributed by atoms with Crippen molar-refractivity contribution in [3.05, 3.63) is 52.6 Å². The molecule has 1 aliphatic heterocycles. The molecule has 1 aromatic carbocycles. The van der Waals surface area contributed by atoms with Crippen molar-refractivity contribution in [1.29, 1.82) is 0 Å². The predicted molar refractivity (Wildman–Crippen MR) is 122 cm³/mol. The maximum Gasteiger partial charge on any atom is 0.253 e. The van der Waals surface area contributed by atoms with Gasteiger partial charge in [-0.05, 0) is 25.2 Å². The standard InChI is InChI=1S/C22H27ClFN5O3/c1-25-22(30)17-5-6-27-20(13-26-12-16-14-29(2)8-10-32-16)21(17)28-7-9-31-15-3-4-19(24)18(23)11-15/h3-7,11,16,26H,8-10,12-14H2,1-2H3,(H,25,30). The highest BCUT2D eigenvalue weighted by Gasteiger charge is 2.18. The maximum atomic E-state index is 13.3. The molecule has 0 radical (unpaired) electrons. The van der Waals surface area contributed by atoms with E-state index in [-0.39, 0.29) is 23.6 Å². The van der Waals surface area contributed by atoms with Gasteiger partial charge in [0.1, 0.15) is 18.2 Å². The van der Waals surface area contributed by atoms with Crippen molar-refractivity contribution < 1.29 is 18.7 Å². The van der Waals surface area contributed by atoms with Crippen LogP contribution < -0.4 is 15.4 Å². The summed E-state index contributed by atoms with van der Waals surface area (Å²) in [5.74, 6) is -0.357. The molecule has 1 atom stereocenters. The number of hydrogen-bond donors (Lipinski definition) is 2. The Labute approximate surface area is 191 Å². The number of benzene rings is 1. The second kappa shape index (κ2) is 11.9. The Morgan fingerprint density at radius 2 is 2.31 bits per heavy atom. The summed E-state index contributed by atoms with van der Waals surface area (Å²) in [6.45, 7) is 3.69. The largest absolute Gasteiger partial charge is 0.488 e. The average molecular weight is 464 g/mol. The van der Waals surface area contributed by atoms with E-state index in [0.717, 1.165) is 13.1 Å². The van der Waals surface area contributed by atoms with Gasteiger partial charge >= 0.3 is 0 Å². The van der Waals surface area contributed by atoms with E-state index in [1.165, 1.54) is 24.4 Å². The minimum absolute atomic E-state index is 0.0184. The number of nitrogens with zero attached hydrogens (tertiary/aromatic N) is 3. The van der Waals surface area contributed by atoms with Gasteiger partial charge in [0.15, 0.2) is 0 Å². The summed E-state index contributed by atoms with van der Waals surface area (Å²) in [6, 6.07) is 5.73. The van der Waals surface area contributed by atoms with E-state index in [1.54, 1.807) is 19.3 Å². The molecule has 10 heteroatoms. The molecule has 1 unspecified atom stereocenters. The van der Waals surface area contributed by atoms with Gasteiger partial charge < -0.3 is 25.0 Å². The van der Waals surface area contributed by atoms with Crippen LogP contribution in [0, 0.1) is 5.82 Å². The van der Waals surface area contributed by atoms with Crippen molar-refractivity contribution in [3.63, 3.8) is 0 Å². The molecule has 2 N–H and O–H groups in total. The number of carbonyl (C=O) groups excluding carboxylic acids is 1. The van der Waals surface area contributed by atoms with Crippen molar-refractivity contribution in [3.8, 4) is 5.75 Å². The molecule has 0 saturated carbocycles. The third-order valence-electron chi connectivity index (χ3n) is 4.91. The first-order valence-corrected chi connectivity index (χ1v) is 10.7. The molecule has 0 aliphatic carbocycles. The Bertz CT molecular complexity index is 959. The molecule has 1 aromatic heterocycles. The van der Waals surface area contributed by atoms with Crippen LogP contribution in [0.15, 0.2) is 35.5 Å². The Balaban J connectivity index is 1.66. The summed E-state index contributed by atoms with van der Waals surface area (Å²) in [5.41, 5.74) is 1.51. The van der Waals surface area contributed by atoms with E-state index in [2.05, 4.69) is 32.6 Å². The molecule has 2 heterocycles. The number of pyridine rings is 1. The van der Waals surface area contributed by atoms with Gasteiger partial charge in [-0.15, -0.1) is 0 Å². The lowest BCUT2D eigenvalue weighted by molar-refractivity contribution is -0.0182. The molecule has 8 nitrogen and oxygen atoms in total. The molecule has 0 spiro atoms. The molecule has 32 heavy (non-hydrogen) atoms. The lowest BCUT2D eigenvalue weighted by Crippen LogP contribution is -2.44. The molecule has 172 valence electrons. The van der Waals surface area contributed by atoms with Crippen LogP contribution in [-0.2, 0) is 11.3 Å². The van der Waals surface area contributed by atoms with Crippen LogP contribution in [0.3, 0.4) is 0 Å². The molecule has 1 aliphatic rings. The number of carbonyl (C=O) groups is 1. The number of nitrogens with one attached hydrogen (secondary N) is 2. The first-order chi connectivity index (χ1) is 15.5. The zero-order valence-electron chi connectivity index (χ0n) is 18.1. The predicted octanol–water partition coefficient (Wildman–Crippen LogP) is 2.44. The van der Waals surface area contributed by atoms with Crippen LogP contribution in [0.4, 0.5) is 10.1 Å². The van der Waals surface area contributed by atoms with Gasteiger partial charge in [0.25, 0.3) is 5.91 Å². The Kier molecular flexibility index (Phi) is 8.92. The number of ether oxygens (including phenoxy) is 2. The van der Waals surface area contributed by atoms with Crippen molar-refractivity contribution in [2.24, 2.45) is 4.99 Å². The Hall–Kier alpha value is -2.59. The highest BCUT2D eigenvalue weighted by molar-refractivity contribution is 6.30. The van der Waals surface area contributed by atoms with E-state index in [9.17, 15) is 9.18 Å². The third kappa shape index (κ3) is 6.70. The van der Waals surface area contributed by atoms with Crippen LogP contribution in [0.25, 0.3) is 0 Å². The fraction of sp³-hybridized carbons (Fsp3) is 0.409. The summed E-state index contributed by atoms with van der Waals surface area (Å²) in [5, 5.41) is 5.95. The monoisotopic (exact) mass is 463 g/mol. The fourth-order valence-electron chi connectivity index (χ4n) is 3.26. The normalized spacial score (nSPS) is 16.9. The zero-order valence-corrected chi connectivity index (χ0v) is 18.9. The van der Waals surface area contributed by atoms with Gasteiger partial charge in [-0.25, -0.2) is 4.39 Å². The summed E-state index contributed by atoms with van der Waals surface area (Å²) >= 11 is 5.77. The topological polar surface area (TPSA) is 88.1 Å². The summed E-state index contributed by atoms with van der Waals surface area (Å²) in [7, 11) is 3.63. The second-order valence-corrected chi connectivity index (χ2v) is 7.72. The molecule has 1 fully saturated rings. The molecular weight excluding hydrogens is 437 g/mol. The van der Waals surface area contributed by atoms with E-state index in [4.69, 9.17) is 21.1 Å². The number of amides is 1. The number of hydrogen-bond acceptors (Lipinski definition) is 7. The minimum Gasteiger partial charge on any atom is -0.488 e. The van der Waals surface area contributed by atoms with E-state index in [0.29, 0.717) is 42.4 Å². The molecule has 3 rings (SSSR count). The summed E-state index contributed by atoms with van der Waals surface area (Å²) in [4.78, 5) is 23.4. The Morgan fingerprint density at radius 3 is 3.06 bits per heavy atom. The quantitative estimate of drug-likeness (QED) is 0.555. The van der Waals surface area contributed by atoms with E-state index < -0.39 is 5.82 Å². The van der Waals surface area contributed by atoms with Gasteiger partial charge in [-0.2, -0.15) is 0 Å². The van der Waals surface area contributed by atoms with Gasteiger partial charge in [-0.1, -0.05) is 11.6 Å².